The van der Waals surface area contributed by atoms with Gasteiger partial charge in [0.2, 0.25) is 11.8 Å². The lowest BCUT2D eigenvalue weighted by atomic mass is 10.2. The molecule has 0 spiro atoms. The Morgan fingerprint density at radius 3 is 2.38 bits per heavy atom. The molecule has 94 valence electrons. The quantitative estimate of drug-likeness (QED) is 0.520. The Morgan fingerprint density at radius 1 is 1.12 bits per heavy atom. The Hall–Kier alpha value is -1.10. The topological polar surface area (TPSA) is 78.4 Å². The lowest BCUT2D eigenvalue weighted by molar-refractivity contribution is -0.122. The molecule has 5 nitrogen and oxygen atoms in total. The van der Waals surface area contributed by atoms with Crippen molar-refractivity contribution in [1.82, 2.24) is 10.6 Å². The van der Waals surface area contributed by atoms with E-state index in [1.54, 1.807) is 0 Å². The molecule has 0 aliphatic rings. The zero-order chi connectivity index (χ0) is 12.4. The van der Waals surface area contributed by atoms with Crippen LogP contribution < -0.4 is 10.6 Å². The van der Waals surface area contributed by atoms with Crippen molar-refractivity contribution in [1.29, 1.82) is 0 Å². The van der Waals surface area contributed by atoms with Crippen LogP contribution in [0.3, 0.4) is 0 Å². The highest BCUT2D eigenvalue weighted by molar-refractivity contribution is 5.79. The second kappa shape index (κ2) is 9.15. The van der Waals surface area contributed by atoms with Gasteiger partial charge in [0.1, 0.15) is 0 Å². The van der Waals surface area contributed by atoms with E-state index < -0.39 is 0 Å². The summed E-state index contributed by atoms with van der Waals surface area (Å²) >= 11 is 0. The predicted molar refractivity (Wildman–Crippen MR) is 61.8 cm³/mol. The molecule has 3 N–H and O–H groups in total. The van der Waals surface area contributed by atoms with Crippen molar-refractivity contribution in [2.75, 3.05) is 13.2 Å². The Balaban J connectivity index is 3.43. The first-order valence-electron chi connectivity index (χ1n) is 5.73. The Labute approximate surface area is 96.6 Å². The summed E-state index contributed by atoms with van der Waals surface area (Å²) in [6.45, 7) is 4.28. The Morgan fingerprint density at radius 2 is 1.81 bits per heavy atom. The van der Waals surface area contributed by atoms with Crippen molar-refractivity contribution in [3.8, 4) is 0 Å². The third-order valence-electron chi connectivity index (χ3n) is 1.94. The maximum absolute atomic E-state index is 11.2. The van der Waals surface area contributed by atoms with E-state index in [2.05, 4.69) is 10.6 Å². The number of aliphatic hydroxyl groups is 1. The molecule has 0 aromatic rings. The van der Waals surface area contributed by atoms with Crippen LogP contribution in [0.15, 0.2) is 0 Å². The molecule has 0 aromatic carbocycles. The van der Waals surface area contributed by atoms with Gasteiger partial charge in [-0.2, -0.15) is 0 Å². The summed E-state index contributed by atoms with van der Waals surface area (Å²) in [6, 6.07) is 0.132. The van der Waals surface area contributed by atoms with Crippen LogP contribution in [0, 0.1) is 0 Å². The average Bonchev–Trinajstić information content (AvgIpc) is 2.17. The van der Waals surface area contributed by atoms with E-state index in [0.717, 1.165) is 0 Å². The summed E-state index contributed by atoms with van der Waals surface area (Å²) in [4.78, 5) is 22.4. The van der Waals surface area contributed by atoms with Gasteiger partial charge in [-0.1, -0.05) is 0 Å². The molecule has 0 saturated heterocycles. The molecular formula is C11H22N2O3. The molecule has 0 saturated carbocycles. The van der Waals surface area contributed by atoms with Crippen molar-refractivity contribution in [2.45, 2.75) is 45.6 Å². The molecule has 0 unspecified atom stereocenters. The van der Waals surface area contributed by atoms with E-state index in [1.165, 1.54) is 0 Å². The normalized spacial score (nSPS) is 10.2. The van der Waals surface area contributed by atoms with Gasteiger partial charge in [-0.25, -0.2) is 0 Å². The van der Waals surface area contributed by atoms with Crippen LogP contribution in [0.2, 0.25) is 0 Å². The average molecular weight is 230 g/mol. The first-order chi connectivity index (χ1) is 7.56. The zero-order valence-corrected chi connectivity index (χ0v) is 10.1. The minimum Gasteiger partial charge on any atom is -0.396 e. The molecule has 0 atom stereocenters. The molecule has 0 bridgehead atoms. The van der Waals surface area contributed by atoms with E-state index in [0.29, 0.717) is 32.2 Å². The third kappa shape index (κ3) is 9.45. The molecule has 0 radical (unpaired) electrons. The van der Waals surface area contributed by atoms with Crippen molar-refractivity contribution in [2.24, 2.45) is 0 Å². The highest BCUT2D eigenvalue weighted by Crippen LogP contribution is 1.93. The molecule has 0 aromatic heterocycles. The van der Waals surface area contributed by atoms with Crippen LogP contribution >= 0.6 is 0 Å². The number of hydrogen-bond donors (Lipinski definition) is 3. The van der Waals surface area contributed by atoms with Crippen LogP contribution in [0.4, 0.5) is 0 Å². The second-order valence-corrected chi connectivity index (χ2v) is 4.00. The van der Waals surface area contributed by atoms with Gasteiger partial charge in [-0.3, -0.25) is 9.59 Å². The number of hydrogen-bond acceptors (Lipinski definition) is 3. The van der Waals surface area contributed by atoms with Gasteiger partial charge in [0.25, 0.3) is 0 Å². The smallest absolute Gasteiger partial charge is 0.221 e. The molecule has 16 heavy (non-hydrogen) atoms. The largest absolute Gasteiger partial charge is 0.396 e. The van der Waals surface area contributed by atoms with Gasteiger partial charge in [-0.05, 0) is 26.7 Å². The zero-order valence-electron chi connectivity index (χ0n) is 10.1. The standard InChI is InChI=1S/C11H22N2O3/c1-9(2)13-11(16)6-7-12-10(15)5-3-4-8-14/h9,14H,3-8H2,1-2H3,(H,12,15)(H,13,16). The highest BCUT2D eigenvalue weighted by Gasteiger charge is 2.04. The third-order valence-corrected chi connectivity index (χ3v) is 1.94. The fourth-order valence-corrected chi connectivity index (χ4v) is 1.20. The molecule has 5 heteroatoms. The number of carbonyl (C=O) groups excluding carboxylic acids is 2. The van der Waals surface area contributed by atoms with Gasteiger partial charge in [0.05, 0.1) is 0 Å². The Bertz CT molecular complexity index is 217. The summed E-state index contributed by atoms with van der Waals surface area (Å²) < 4.78 is 0. The molecule has 0 heterocycles. The summed E-state index contributed by atoms with van der Waals surface area (Å²) in [7, 11) is 0. The first kappa shape index (κ1) is 14.9. The Kier molecular flexibility index (Phi) is 8.52. The number of unbranched alkanes of at least 4 members (excludes halogenated alkanes) is 1. The molecular weight excluding hydrogens is 208 g/mol. The maximum atomic E-state index is 11.2. The maximum Gasteiger partial charge on any atom is 0.221 e. The molecule has 0 fully saturated rings. The van der Waals surface area contributed by atoms with Gasteiger partial charge in [-0.15, -0.1) is 0 Å². The SMILES string of the molecule is CC(C)NC(=O)CCNC(=O)CCCCO. The number of amides is 2. The fourth-order valence-electron chi connectivity index (χ4n) is 1.20. The van der Waals surface area contributed by atoms with Crippen LogP contribution in [-0.2, 0) is 9.59 Å². The summed E-state index contributed by atoms with van der Waals surface area (Å²) in [6.07, 6.45) is 2.04. The summed E-state index contributed by atoms with van der Waals surface area (Å²) in [5.41, 5.74) is 0. The molecule has 0 rings (SSSR count). The first-order valence-corrected chi connectivity index (χ1v) is 5.73. The molecule has 0 aliphatic heterocycles. The minimum absolute atomic E-state index is 0.0503. The van der Waals surface area contributed by atoms with Crippen molar-refractivity contribution < 1.29 is 14.7 Å². The van der Waals surface area contributed by atoms with Gasteiger partial charge >= 0.3 is 0 Å². The van der Waals surface area contributed by atoms with Gasteiger partial charge in [0, 0.05) is 32.0 Å². The fraction of sp³-hybridized carbons (Fsp3) is 0.818. The predicted octanol–water partition coefficient (Wildman–Crippen LogP) is 0.180. The second-order valence-electron chi connectivity index (χ2n) is 4.00. The van der Waals surface area contributed by atoms with E-state index in [4.69, 9.17) is 5.11 Å². The number of aliphatic hydroxyl groups excluding tert-OH is 1. The molecule has 0 aliphatic carbocycles. The highest BCUT2D eigenvalue weighted by atomic mass is 16.3. The number of nitrogens with one attached hydrogen (secondary N) is 2. The summed E-state index contributed by atoms with van der Waals surface area (Å²) in [5, 5.41) is 13.9. The lowest BCUT2D eigenvalue weighted by Gasteiger charge is -2.08. The number of carbonyl (C=O) groups is 2. The lowest BCUT2D eigenvalue weighted by Crippen LogP contribution is -2.34. The van der Waals surface area contributed by atoms with Crippen LogP contribution in [0.25, 0.3) is 0 Å². The van der Waals surface area contributed by atoms with E-state index in [-0.39, 0.29) is 24.5 Å². The minimum atomic E-state index is -0.0641. The van der Waals surface area contributed by atoms with Crippen LogP contribution in [0.5, 0.6) is 0 Å². The van der Waals surface area contributed by atoms with Gasteiger partial charge < -0.3 is 15.7 Å². The van der Waals surface area contributed by atoms with E-state index in [9.17, 15) is 9.59 Å². The molecule has 2 amide bonds. The van der Waals surface area contributed by atoms with E-state index in [1.807, 2.05) is 13.8 Å². The van der Waals surface area contributed by atoms with E-state index >= 15 is 0 Å². The van der Waals surface area contributed by atoms with Crippen LogP contribution in [-0.4, -0.2) is 36.1 Å². The van der Waals surface area contributed by atoms with Crippen molar-refractivity contribution in [3.05, 3.63) is 0 Å². The van der Waals surface area contributed by atoms with Crippen LogP contribution in [0.1, 0.15) is 39.5 Å². The van der Waals surface area contributed by atoms with Crippen molar-refractivity contribution >= 4 is 11.8 Å². The summed E-state index contributed by atoms with van der Waals surface area (Å²) in [5.74, 6) is -0.114. The monoisotopic (exact) mass is 230 g/mol. The van der Waals surface area contributed by atoms with Gasteiger partial charge in [0.15, 0.2) is 0 Å². The van der Waals surface area contributed by atoms with Crippen molar-refractivity contribution in [3.63, 3.8) is 0 Å². The number of rotatable bonds is 8.